The summed E-state index contributed by atoms with van der Waals surface area (Å²) in [5.41, 5.74) is 3.11. The van der Waals surface area contributed by atoms with Gasteiger partial charge in [0.2, 0.25) is 0 Å². The van der Waals surface area contributed by atoms with Crippen molar-refractivity contribution in [3.05, 3.63) is 77.6 Å². The zero-order valence-electron chi connectivity index (χ0n) is 14.6. The predicted octanol–water partition coefficient (Wildman–Crippen LogP) is 3.74. The number of carbonyl (C=O) groups excluding carboxylic acids is 1. The van der Waals surface area contributed by atoms with Crippen molar-refractivity contribution in [3.63, 3.8) is 0 Å². The summed E-state index contributed by atoms with van der Waals surface area (Å²) in [4.78, 5) is 18.6. The molecule has 0 aliphatic heterocycles. The van der Waals surface area contributed by atoms with Gasteiger partial charge in [0, 0.05) is 37.2 Å². The Kier molecular flexibility index (Phi) is 5.40. The van der Waals surface area contributed by atoms with Crippen molar-refractivity contribution < 1.29 is 4.79 Å². The van der Waals surface area contributed by atoms with Gasteiger partial charge in [0.05, 0.1) is 11.6 Å². The highest BCUT2D eigenvalue weighted by Crippen LogP contribution is 2.19. The van der Waals surface area contributed by atoms with E-state index in [1.165, 1.54) is 0 Å². The van der Waals surface area contributed by atoms with Crippen LogP contribution in [0.25, 0.3) is 5.69 Å². The highest BCUT2D eigenvalue weighted by Gasteiger charge is 2.13. The first kappa shape index (κ1) is 17.8. The molecule has 0 N–H and O–H groups in total. The van der Waals surface area contributed by atoms with Crippen molar-refractivity contribution in [2.75, 3.05) is 13.3 Å². The molecule has 0 saturated carbocycles. The fourth-order valence-electron chi connectivity index (χ4n) is 2.71. The molecule has 0 radical (unpaired) electrons. The maximum absolute atomic E-state index is 12.7. The first-order chi connectivity index (χ1) is 12.6. The molecule has 0 atom stereocenters. The van der Waals surface area contributed by atoms with Crippen LogP contribution in [0.15, 0.2) is 66.1 Å². The maximum atomic E-state index is 12.7. The van der Waals surface area contributed by atoms with Crippen molar-refractivity contribution in [1.82, 2.24) is 14.5 Å². The lowest BCUT2D eigenvalue weighted by atomic mass is 10.1. The monoisotopic (exact) mass is 362 g/mol. The zero-order chi connectivity index (χ0) is 18.5. The molecule has 0 bridgehead atoms. The molecular weight excluding hydrogens is 344 g/mol. The van der Waals surface area contributed by atoms with Gasteiger partial charge in [-0.25, -0.2) is 4.98 Å². The largest absolute Gasteiger partial charge is 0.337 e. The summed E-state index contributed by atoms with van der Waals surface area (Å²) < 4.78 is 1.98. The van der Waals surface area contributed by atoms with E-state index in [9.17, 15) is 4.79 Å². The average molecular weight is 362 g/mol. The van der Waals surface area contributed by atoms with Crippen molar-refractivity contribution >= 4 is 17.7 Å². The van der Waals surface area contributed by atoms with Crippen LogP contribution in [0, 0.1) is 11.3 Å². The third kappa shape index (κ3) is 3.79. The van der Waals surface area contributed by atoms with Crippen LogP contribution in [0.4, 0.5) is 0 Å². The fourth-order valence-corrected chi connectivity index (χ4v) is 3.24. The fraction of sp³-hybridized carbons (Fsp3) is 0.150. The summed E-state index contributed by atoms with van der Waals surface area (Å²) in [7, 11) is 1.76. The van der Waals surface area contributed by atoms with Crippen molar-refractivity contribution in [3.8, 4) is 11.8 Å². The topological polar surface area (TPSA) is 61.9 Å². The average Bonchev–Trinajstić information content (AvgIpc) is 3.16. The Labute approximate surface area is 156 Å². The zero-order valence-corrected chi connectivity index (χ0v) is 15.4. The molecule has 2 aromatic carbocycles. The summed E-state index contributed by atoms with van der Waals surface area (Å²) in [6, 6.07) is 16.9. The van der Waals surface area contributed by atoms with E-state index in [1.54, 1.807) is 42.0 Å². The summed E-state index contributed by atoms with van der Waals surface area (Å²) in [5.74, 6) is -0.0605. The van der Waals surface area contributed by atoms with Crippen LogP contribution in [-0.4, -0.2) is 33.7 Å². The molecule has 6 heteroatoms. The summed E-state index contributed by atoms with van der Waals surface area (Å²) in [5, 5.41) is 9.89. The Balaban J connectivity index is 1.74. The van der Waals surface area contributed by atoms with Gasteiger partial charge in [0.25, 0.3) is 5.91 Å². The lowest BCUT2D eigenvalue weighted by Gasteiger charge is -2.18. The molecule has 1 heterocycles. The van der Waals surface area contributed by atoms with E-state index in [0.717, 1.165) is 16.4 Å². The number of nitriles is 1. The molecule has 0 saturated heterocycles. The van der Waals surface area contributed by atoms with Gasteiger partial charge in [0.15, 0.2) is 5.16 Å². The molecule has 5 nitrogen and oxygen atoms in total. The lowest BCUT2D eigenvalue weighted by Crippen LogP contribution is -2.26. The Morgan fingerprint density at radius 2 is 2.04 bits per heavy atom. The van der Waals surface area contributed by atoms with E-state index < -0.39 is 0 Å². The second-order valence-corrected chi connectivity index (χ2v) is 6.58. The number of aromatic nitrogens is 2. The lowest BCUT2D eigenvalue weighted by molar-refractivity contribution is 0.0785. The van der Waals surface area contributed by atoms with Crippen LogP contribution >= 0.6 is 11.8 Å². The second-order valence-electron chi connectivity index (χ2n) is 5.80. The number of benzene rings is 2. The molecule has 3 rings (SSSR count). The Morgan fingerprint density at radius 1 is 1.27 bits per heavy atom. The van der Waals surface area contributed by atoms with Gasteiger partial charge in [0.1, 0.15) is 0 Å². The van der Waals surface area contributed by atoms with Crippen LogP contribution in [0.3, 0.4) is 0 Å². The molecule has 0 unspecified atom stereocenters. The second kappa shape index (κ2) is 7.89. The molecule has 3 aromatic rings. The number of hydrogen-bond donors (Lipinski definition) is 0. The van der Waals surface area contributed by atoms with Gasteiger partial charge < -0.3 is 4.90 Å². The SMILES string of the molecule is CSc1nccn1-c1ccc(C(=O)N(C)Cc2cccc(C#N)c2)cc1. The smallest absolute Gasteiger partial charge is 0.253 e. The molecule has 0 fully saturated rings. The number of thioether (sulfide) groups is 1. The highest BCUT2D eigenvalue weighted by atomic mass is 32.2. The van der Waals surface area contributed by atoms with Gasteiger partial charge in [-0.3, -0.25) is 9.36 Å². The third-order valence-electron chi connectivity index (χ3n) is 4.00. The van der Waals surface area contributed by atoms with Crippen molar-refractivity contribution in [1.29, 1.82) is 5.26 Å². The van der Waals surface area contributed by atoms with Gasteiger partial charge in [-0.2, -0.15) is 5.26 Å². The van der Waals surface area contributed by atoms with Crippen LogP contribution < -0.4 is 0 Å². The number of imidazole rings is 1. The molecule has 130 valence electrons. The first-order valence-corrected chi connectivity index (χ1v) is 9.27. The molecule has 1 amide bonds. The minimum absolute atomic E-state index is 0.0605. The minimum Gasteiger partial charge on any atom is -0.337 e. The Hall–Kier alpha value is -3.04. The predicted molar refractivity (Wildman–Crippen MR) is 102 cm³/mol. The van der Waals surface area contributed by atoms with E-state index in [4.69, 9.17) is 5.26 Å². The van der Waals surface area contributed by atoms with Gasteiger partial charge in [-0.1, -0.05) is 23.9 Å². The number of amides is 1. The van der Waals surface area contributed by atoms with Crippen molar-refractivity contribution in [2.45, 2.75) is 11.7 Å². The van der Waals surface area contributed by atoms with Crippen LogP contribution in [0.1, 0.15) is 21.5 Å². The third-order valence-corrected chi connectivity index (χ3v) is 4.67. The van der Waals surface area contributed by atoms with Crippen LogP contribution in [-0.2, 0) is 6.54 Å². The Morgan fingerprint density at radius 3 is 2.73 bits per heavy atom. The van der Waals surface area contributed by atoms with Gasteiger partial charge >= 0.3 is 0 Å². The molecule has 0 aliphatic rings. The van der Waals surface area contributed by atoms with Crippen LogP contribution in [0.2, 0.25) is 0 Å². The van der Waals surface area contributed by atoms with Gasteiger partial charge in [-0.15, -0.1) is 0 Å². The van der Waals surface area contributed by atoms with Crippen molar-refractivity contribution in [2.24, 2.45) is 0 Å². The van der Waals surface area contributed by atoms with E-state index in [1.807, 2.05) is 53.4 Å². The van der Waals surface area contributed by atoms with E-state index in [-0.39, 0.29) is 5.91 Å². The Bertz CT molecular complexity index is 956. The van der Waals surface area contributed by atoms with Crippen LogP contribution in [0.5, 0.6) is 0 Å². The first-order valence-electron chi connectivity index (χ1n) is 8.04. The molecule has 0 spiro atoms. The maximum Gasteiger partial charge on any atom is 0.253 e. The number of hydrogen-bond acceptors (Lipinski definition) is 4. The summed E-state index contributed by atoms with van der Waals surface area (Å²) in [6.07, 6.45) is 5.64. The molecule has 0 aliphatic carbocycles. The quantitative estimate of drug-likeness (QED) is 0.649. The molecular formula is C20H18N4OS. The van der Waals surface area contributed by atoms with E-state index >= 15 is 0 Å². The standard InChI is InChI=1S/C20H18N4OS/c1-23(14-16-5-3-4-15(12-16)13-21)19(25)17-6-8-18(9-7-17)24-11-10-22-20(24)26-2/h3-12H,14H2,1-2H3. The highest BCUT2D eigenvalue weighted by molar-refractivity contribution is 7.98. The molecule has 1 aromatic heterocycles. The number of carbonyl (C=O) groups is 1. The molecule has 26 heavy (non-hydrogen) atoms. The normalized spacial score (nSPS) is 10.3. The minimum atomic E-state index is -0.0605. The number of rotatable bonds is 5. The van der Waals surface area contributed by atoms with E-state index in [0.29, 0.717) is 17.7 Å². The van der Waals surface area contributed by atoms with Gasteiger partial charge in [-0.05, 0) is 48.2 Å². The summed E-state index contributed by atoms with van der Waals surface area (Å²) in [6.45, 7) is 0.453. The summed E-state index contributed by atoms with van der Waals surface area (Å²) >= 11 is 1.57. The number of nitrogens with zero attached hydrogens (tertiary/aromatic N) is 4. The van der Waals surface area contributed by atoms with E-state index in [2.05, 4.69) is 11.1 Å².